The lowest BCUT2D eigenvalue weighted by Gasteiger charge is -2.19. The molecule has 2 amide bonds. The van der Waals surface area contributed by atoms with Crippen molar-refractivity contribution in [3.05, 3.63) is 94.0 Å². The molecule has 1 saturated heterocycles. The van der Waals surface area contributed by atoms with E-state index in [-0.39, 0.29) is 11.8 Å². The minimum Gasteiger partial charge on any atom is -0.345 e. The Morgan fingerprint density at radius 3 is 2.66 bits per heavy atom. The Bertz CT molecular complexity index is 1670. The van der Waals surface area contributed by atoms with Crippen molar-refractivity contribution in [2.24, 2.45) is 0 Å². The predicted octanol–water partition coefficient (Wildman–Crippen LogP) is 5.35. The highest BCUT2D eigenvalue weighted by Crippen LogP contribution is 2.24. The van der Waals surface area contributed by atoms with E-state index < -0.39 is 6.04 Å². The number of carbonyl (C=O) groups is 2. The van der Waals surface area contributed by atoms with Crippen LogP contribution in [-0.2, 0) is 6.42 Å². The molecule has 6 rings (SSSR count). The van der Waals surface area contributed by atoms with Gasteiger partial charge in [-0.05, 0) is 85.8 Å². The maximum absolute atomic E-state index is 13.5. The normalized spacial score (nSPS) is 14.3. The Labute approximate surface area is 224 Å². The van der Waals surface area contributed by atoms with E-state index in [1.54, 1.807) is 30.6 Å². The minimum atomic E-state index is -0.430. The van der Waals surface area contributed by atoms with E-state index in [1.165, 1.54) is 0 Å². The smallest absolute Gasteiger partial charge is 0.254 e. The number of amides is 2. The van der Waals surface area contributed by atoms with Gasteiger partial charge in [0.2, 0.25) is 0 Å². The quantitative estimate of drug-likeness (QED) is 0.277. The summed E-state index contributed by atoms with van der Waals surface area (Å²) in [5.74, 6) is 0.428. The fourth-order valence-corrected chi connectivity index (χ4v) is 5.28. The van der Waals surface area contributed by atoms with Gasteiger partial charge in [-0.25, -0.2) is 9.97 Å². The SMILES string of the molecule is Cc1cc(C(=O)NC(Cc2ccc3nc[nH]c3c2)c2nc3ccc(Cl)cc3[nH]2)ccc1C(=O)N1CCCC1. The number of nitrogens with zero attached hydrogens (tertiary/aromatic N) is 3. The topological polar surface area (TPSA) is 107 Å². The monoisotopic (exact) mass is 526 g/mol. The molecule has 1 atom stereocenters. The van der Waals surface area contributed by atoms with Crippen LogP contribution in [0.3, 0.4) is 0 Å². The molecule has 9 heteroatoms. The Morgan fingerprint density at radius 2 is 1.84 bits per heavy atom. The molecule has 5 aromatic rings. The number of rotatable bonds is 6. The molecule has 1 aliphatic heterocycles. The largest absolute Gasteiger partial charge is 0.345 e. The Morgan fingerprint density at radius 1 is 1.03 bits per heavy atom. The predicted molar refractivity (Wildman–Crippen MR) is 147 cm³/mol. The van der Waals surface area contributed by atoms with Crippen LogP contribution in [0.1, 0.15) is 56.6 Å². The van der Waals surface area contributed by atoms with E-state index in [2.05, 4.69) is 20.3 Å². The van der Waals surface area contributed by atoms with Crippen LogP contribution >= 0.6 is 11.6 Å². The number of halogens is 1. The molecule has 38 heavy (non-hydrogen) atoms. The summed E-state index contributed by atoms with van der Waals surface area (Å²) in [4.78, 5) is 43.7. The van der Waals surface area contributed by atoms with Gasteiger partial charge in [0.1, 0.15) is 5.82 Å². The van der Waals surface area contributed by atoms with Crippen LogP contribution in [0.25, 0.3) is 22.1 Å². The number of imidazole rings is 2. The third-order valence-electron chi connectivity index (χ3n) is 7.13. The number of carbonyl (C=O) groups excluding carboxylic acids is 2. The van der Waals surface area contributed by atoms with Crippen LogP contribution < -0.4 is 5.32 Å². The molecule has 192 valence electrons. The van der Waals surface area contributed by atoms with Gasteiger partial charge in [0, 0.05) is 29.2 Å². The van der Waals surface area contributed by atoms with Crippen molar-refractivity contribution < 1.29 is 9.59 Å². The van der Waals surface area contributed by atoms with Crippen LogP contribution in [0.15, 0.2) is 60.9 Å². The summed E-state index contributed by atoms with van der Waals surface area (Å²) >= 11 is 6.18. The van der Waals surface area contributed by atoms with Crippen molar-refractivity contribution in [3.8, 4) is 0 Å². The van der Waals surface area contributed by atoms with Gasteiger partial charge < -0.3 is 20.2 Å². The van der Waals surface area contributed by atoms with Gasteiger partial charge in [0.05, 0.1) is 34.4 Å². The van der Waals surface area contributed by atoms with Gasteiger partial charge in [-0.15, -0.1) is 0 Å². The first-order valence-corrected chi connectivity index (χ1v) is 13.1. The lowest BCUT2D eigenvalue weighted by atomic mass is 10.0. The molecule has 3 heterocycles. The molecular weight excluding hydrogens is 500 g/mol. The highest BCUT2D eigenvalue weighted by molar-refractivity contribution is 6.31. The maximum Gasteiger partial charge on any atom is 0.254 e. The van der Waals surface area contributed by atoms with Crippen LogP contribution in [0.2, 0.25) is 5.02 Å². The summed E-state index contributed by atoms with van der Waals surface area (Å²) in [7, 11) is 0. The average Bonchev–Trinajstić information content (AvgIpc) is 3.68. The molecule has 0 bridgehead atoms. The number of hydrogen-bond acceptors (Lipinski definition) is 4. The van der Waals surface area contributed by atoms with Crippen LogP contribution in [0.5, 0.6) is 0 Å². The van der Waals surface area contributed by atoms with Gasteiger partial charge >= 0.3 is 0 Å². The number of fused-ring (bicyclic) bond motifs is 2. The fourth-order valence-electron chi connectivity index (χ4n) is 5.11. The van der Waals surface area contributed by atoms with Crippen molar-refractivity contribution in [2.45, 2.75) is 32.2 Å². The number of hydrogen-bond donors (Lipinski definition) is 3. The van der Waals surface area contributed by atoms with Crippen molar-refractivity contribution in [1.82, 2.24) is 30.2 Å². The molecule has 0 aliphatic carbocycles. The number of benzene rings is 3. The molecule has 1 fully saturated rings. The Kier molecular flexibility index (Phi) is 6.33. The summed E-state index contributed by atoms with van der Waals surface area (Å²) in [5, 5.41) is 3.77. The summed E-state index contributed by atoms with van der Waals surface area (Å²) in [6.07, 6.45) is 4.25. The molecule has 3 N–H and O–H groups in total. The molecule has 0 spiro atoms. The summed E-state index contributed by atoms with van der Waals surface area (Å²) < 4.78 is 0. The van der Waals surface area contributed by atoms with Gasteiger partial charge in [0.25, 0.3) is 11.8 Å². The molecule has 2 aromatic heterocycles. The third kappa shape index (κ3) is 4.75. The first-order valence-electron chi connectivity index (χ1n) is 12.7. The molecule has 0 saturated carbocycles. The van der Waals surface area contributed by atoms with Crippen molar-refractivity contribution >= 4 is 45.5 Å². The highest BCUT2D eigenvalue weighted by atomic mass is 35.5. The van der Waals surface area contributed by atoms with E-state index >= 15 is 0 Å². The second-order valence-electron chi connectivity index (χ2n) is 9.80. The molecule has 1 aliphatic rings. The maximum atomic E-state index is 13.5. The summed E-state index contributed by atoms with van der Waals surface area (Å²) in [6, 6.07) is 16.3. The zero-order valence-corrected chi connectivity index (χ0v) is 21.7. The minimum absolute atomic E-state index is 0.0277. The third-order valence-corrected chi connectivity index (χ3v) is 7.37. The van der Waals surface area contributed by atoms with Gasteiger partial charge in [-0.1, -0.05) is 17.7 Å². The van der Waals surface area contributed by atoms with Crippen molar-refractivity contribution in [1.29, 1.82) is 0 Å². The van der Waals surface area contributed by atoms with Crippen LogP contribution in [0, 0.1) is 6.92 Å². The number of aromatic nitrogens is 4. The molecule has 8 nitrogen and oxygen atoms in total. The lowest BCUT2D eigenvalue weighted by molar-refractivity contribution is 0.0791. The second-order valence-corrected chi connectivity index (χ2v) is 10.2. The van der Waals surface area contributed by atoms with Gasteiger partial charge in [-0.3, -0.25) is 9.59 Å². The fraction of sp³-hybridized carbons (Fsp3) is 0.241. The number of likely N-dealkylation sites (tertiary alicyclic amines) is 1. The Hall–Kier alpha value is -4.17. The standard InChI is InChI=1S/C29H27ClN6O2/c1-17-12-19(5-7-21(17)29(38)36-10-2-3-11-36)28(37)35-26(14-18-4-8-22-24(13-18)32-16-31-22)27-33-23-9-6-20(30)15-25(23)34-27/h4-9,12-13,15-16,26H,2-3,10-11,14H2,1H3,(H,31,32)(H,33,34)(H,35,37). The Balaban J connectivity index is 1.29. The molecule has 1 unspecified atom stereocenters. The first kappa shape index (κ1) is 24.2. The van der Waals surface area contributed by atoms with Crippen molar-refractivity contribution in [2.75, 3.05) is 13.1 Å². The van der Waals surface area contributed by atoms with Crippen LogP contribution in [0.4, 0.5) is 0 Å². The number of nitrogens with one attached hydrogen (secondary N) is 3. The first-order chi connectivity index (χ1) is 18.4. The van der Waals surface area contributed by atoms with E-state index in [0.717, 1.165) is 59.1 Å². The lowest BCUT2D eigenvalue weighted by Crippen LogP contribution is -2.31. The zero-order chi connectivity index (χ0) is 26.2. The van der Waals surface area contributed by atoms with Crippen molar-refractivity contribution in [3.63, 3.8) is 0 Å². The molecule has 3 aromatic carbocycles. The number of H-pyrrole nitrogens is 2. The van der Waals surface area contributed by atoms with E-state index in [4.69, 9.17) is 16.6 Å². The second kappa shape index (κ2) is 9.95. The van der Waals surface area contributed by atoms with Gasteiger partial charge in [0.15, 0.2) is 0 Å². The van der Waals surface area contributed by atoms with Crippen LogP contribution in [-0.4, -0.2) is 49.7 Å². The van der Waals surface area contributed by atoms with E-state index in [1.807, 2.05) is 42.2 Å². The van der Waals surface area contributed by atoms with Gasteiger partial charge in [-0.2, -0.15) is 0 Å². The van der Waals surface area contributed by atoms with E-state index in [9.17, 15) is 9.59 Å². The molecule has 0 radical (unpaired) electrons. The molecular formula is C29H27ClN6O2. The average molecular weight is 527 g/mol. The zero-order valence-electron chi connectivity index (χ0n) is 20.9. The summed E-state index contributed by atoms with van der Waals surface area (Å²) in [6.45, 7) is 3.45. The number of aromatic amines is 2. The summed E-state index contributed by atoms with van der Waals surface area (Å²) in [5.41, 5.74) is 6.33. The highest BCUT2D eigenvalue weighted by Gasteiger charge is 2.24. The number of aryl methyl sites for hydroxylation is 1. The van der Waals surface area contributed by atoms with E-state index in [0.29, 0.717) is 28.4 Å².